The molecule has 0 aliphatic carbocycles. The fourth-order valence-corrected chi connectivity index (χ4v) is 2.55. The molecule has 1 aliphatic rings. The van der Waals surface area contributed by atoms with Crippen LogP contribution in [0.1, 0.15) is 17.9 Å². The first-order valence-electron chi connectivity index (χ1n) is 6.22. The topological polar surface area (TPSA) is 75.8 Å². The number of nitro groups is 1. The summed E-state index contributed by atoms with van der Waals surface area (Å²) >= 11 is 0. The predicted molar refractivity (Wildman–Crippen MR) is 70.5 cm³/mol. The third-order valence-electron chi connectivity index (χ3n) is 3.61. The van der Waals surface area contributed by atoms with E-state index in [-0.39, 0.29) is 17.4 Å². The Morgan fingerprint density at radius 3 is 2.84 bits per heavy atom. The highest BCUT2D eigenvalue weighted by molar-refractivity contribution is 5.49. The standard InChI is InChI=1S/C13H18N2O4/c1-14-6-5-10(12(16)8-14)9-3-4-11(15(17)18)13(7-9)19-2/h3-4,7,10,12,16H,5-6,8H2,1-2H3/t10-,12+/m1/s1. The van der Waals surface area contributed by atoms with Crippen molar-refractivity contribution in [3.8, 4) is 5.75 Å². The lowest BCUT2D eigenvalue weighted by Crippen LogP contribution is -2.40. The fourth-order valence-electron chi connectivity index (χ4n) is 2.55. The minimum absolute atomic E-state index is 0.00547. The number of nitro benzene ring substituents is 1. The van der Waals surface area contributed by atoms with Gasteiger partial charge in [0.05, 0.1) is 18.1 Å². The summed E-state index contributed by atoms with van der Waals surface area (Å²) in [5, 5.41) is 21.0. The molecule has 104 valence electrons. The number of β-amino-alcohol motifs (C(OH)–C–C–N with tert-alkyl or cyclic N) is 1. The highest BCUT2D eigenvalue weighted by Crippen LogP contribution is 2.34. The van der Waals surface area contributed by atoms with Gasteiger partial charge >= 0.3 is 5.69 Å². The van der Waals surface area contributed by atoms with Gasteiger partial charge in [0.15, 0.2) is 5.75 Å². The number of hydrogen-bond donors (Lipinski definition) is 1. The number of piperidine rings is 1. The van der Waals surface area contributed by atoms with Crippen molar-refractivity contribution in [1.82, 2.24) is 4.90 Å². The lowest BCUT2D eigenvalue weighted by atomic mass is 9.87. The van der Waals surface area contributed by atoms with Gasteiger partial charge in [0.2, 0.25) is 0 Å². The van der Waals surface area contributed by atoms with Crippen LogP contribution < -0.4 is 4.74 Å². The van der Waals surface area contributed by atoms with Crippen LogP contribution in [0.25, 0.3) is 0 Å². The summed E-state index contributed by atoms with van der Waals surface area (Å²) in [6.07, 6.45) is 0.378. The molecule has 1 aliphatic heterocycles. The molecule has 1 fully saturated rings. The van der Waals surface area contributed by atoms with Crippen LogP contribution in [0.5, 0.6) is 5.75 Å². The minimum Gasteiger partial charge on any atom is -0.490 e. The molecule has 6 heteroatoms. The molecule has 0 unspecified atom stereocenters. The smallest absolute Gasteiger partial charge is 0.310 e. The maximum Gasteiger partial charge on any atom is 0.310 e. The van der Waals surface area contributed by atoms with E-state index in [1.54, 1.807) is 12.1 Å². The molecule has 2 atom stereocenters. The lowest BCUT2D eigenvalue weighted by molar-refractivity contribution is -0.385. The Morgan fingerprint density at radius 2 is 2.26 bits per heavy atom. The van der Waals surface area contributed by atoms with Gasteiger partial charge in [0.25, 0.3) is 0 Å². The molecule has 0 bridgehead atoms. The van der Waals surface area contributed by atoms with Gasteiger partial charge in [-0.1, -0.05) is 6.07 Å². The van der Waals surface area contributed by atoms with E-state index >= 15 is 0 Å². The Kier molecular flexibility index (Phi) is 4.01. The molecular weight excluding hydrogens is 248 g/mol. The fraction of sp³-hybridized carbons (Fsp3) is 0.538. The van der Waals surface area contributed by atoms with Gasteiger partial charge in [0.1, 0.15) is 0 Å². The molecule has 1 heterocycles. The largest absolute Gasteiger partial charge is 0.490 e. The third-order valence-corrected chi connectivity index (χ3v) is 3.61. The first kappa shape index (κ1) is 13.8. The van der Waals surface area contributed by atoms with Gasteiger partial charge in [-0.2, -0.15) is 0 Å². The van der Waals surface area contributed by atoms with Crippen LogP contribution in [0.4, 0.5) is 5.69 Å². The number of likely N-dealkylation sites (N-methyl/N-ethyl adjacent to an activating group) is 1. The van der Waals surface area contributed by atoms with Crippen molar-refractivity contribution in [2.24, 2.45) is 0 Å². The van der Waals surface area contributed by atoms with Gasteiger partial charge in [-0.3, -0.25) is 10.1 Å². The van der Waals surface area contributed by atoms with Crippen LogP contribution in [0.3, 0.4) is 0 Å². The van der Waals surface area contributed by atoms with Gasteiger partial charge in [0, 0.05) is 18.5 Å². The Balaban J connectivity index is 2.28. The molecule has 0 spiro atoms. The normalized spacial score (nSPS) is 24.2. The summed E-state index contributed by atoms with van der Waals surface area (Å²) in [5.41, 5.74) is 0.844. The third kappa shape index (κ3) is 2.85. The van der Waals surface area contributed by atoms with Crippen molar-refractivity contribution < 1.29 is 14.8 Å². The van der Waals surface area contributed by atoms with Crippen LogP contribution in [0, 0.1) is 10.1 Å². The van der Waals surface area contributed by atoms with Crippen molar-refractivity contribution in [2.75, 3.05) is 27.2 Å². The highest BCUT2D eigenvalue weighted by atomic mass is 16.6. The molecule has 0 radical (unpaired) electrons. The summed E-state index contributed by atoms with van der Waals surface area (Å²) in [7, 11) is 3.38. The Labute approximate surface area is 111 Å². The van der Waals surface area contributed by atoms with Crippen molar-refractivity contribution in [3.05, 3.63) is 33.9 Å². The van der Waals surface area contributed by atoms with Crippen molar-refractivity contribution in [3.63, 3.8) is 0 Å². The first-order valence-corrected chi connectivity index (χ1v) is 6.22. The van der Waals surface area contributed by atoms with E-state index in [9.17, 15) is 15.2 Å². The Morgan fingerprint density at radius 1 is 1.53 bits per heavy atom. The number of benzene rings is 1. The van der Waals surface area contributed by atoms with Crippen LogP contribution in [-0.4, -0.2) is 48.3 Å². The molecular formula is C13H18N2O4. The van der Waals surface area contributed by atoms with Gasteiger partial charge < -0.3 is 14.7 Å². The number of ether oxygens (including phenoxy) is 1. The zero-order chi connectivity index (χ0) is 14.0. The number of methoxy groups -OCH3 is 1. The molecule has 1 N–H and O–H groups in total. The first-order chi connectivity index (χ1) is 9.02. The number of likely N-dealkylation sites (tertiary alicyclic amines) is 1. The second-order valence-electron chi connectivity index (χ2n) is 4.91. The summed E-state index contributed by atoms with van der Waals surface area (Å²) in [4.78, 5) is 12.5. The van der Waals surface area contributed by atoms with E-state index in [0.717, 1.165) is 18.5 Å². The predicted octanol–water partition coefficient (Wildman–Crippen LogP) is 1.38. The summed E-state index contributed by atoms with van der Waals surface area (Å²) in [6, 6.07) is 4.82. The van der Waals surface area contributed by atoms with E-state index in [4.69, 9.17) is 4.74 Å². The average molecular weight is 266 g/mol. The Bertz CT molecular complexity index is 478. The summed E-state index contributed by atoms with van der Waals surface area (Å²) in [6.45, 7) is 1.52. The second kappa shape index (κ2) is 5.54. The highest BCUT2D eigenvalue weighted by Gasteiger charge is 2.28. The SMILES string of the molecule is COc1cc([C@H]2CCN(C)C[C@@H]2O)ccc1[N+](=O)[O-]. The number of nitrogens with zero attached hydrogens (tertiary/aromatic N) is 2. The van der Waals surface area contributed by atoms with E-state index < -0.39 is 11.0 Å². The molecule has 2 rings (SSSR count). The minimum atomic E-state index is -0.465. The number of aliphatic hydroxyl groups excluding tert-OH is 1. The van der Waals surface area contributed by atoms with Crippen LogP contribution in [0.2, 0.25) is 0 Å². The van der Waals surface area contributed by atoms with E-state index in [1.165, 1.54) is 13.2 Å². The van der Waals surface area contributed by atoms with E-state index in [1.807, 2.05) is 7.05 Å². The second-order valence-corrected chi connectivity index (χ2v) is 4.91. The van der Waals surface area contributed by atoms with Gasteiger partial charge in [-0.25, -0.2) is 0 Å². The number of rotatable bonds is 3. The van der Waals surface area contributed by atoms with Crippen LogP contribution >= 0.6 is 0 Å². The molecule has 1 saturated heterocycles. The van der Waals surface area contributed by atoms with E-state index in [2.05, 4.69) is 4.90 Å². The zero-order valence-corrected chi connectivity index (χ0v) is 11.1. The molecule has 1 aromatic rings. The quantitative estimate of drug-likeness (QED) is 0.660. The summed E-state index contributed by atoms with van der Waals surface area (Å²) in [5.74, 6) is 0.250. The molecule has 19 heavy (non-hydrogen) atoms. The molecule has 0 amide bonds. The molecule has 0 aromatic heterocycles. The number of aliphatic hydroxyl groups is 1. The maximum atomic E-state index is 10.8. The van der Waals surface area contributed by atoms with E-state index in [0.29, 0.717) is 6.54 Å². The lowest BCUT2D eigenvalue weighted by Gasteiger charge is -2.34. The van der Waals surface area contributed by atoms with Crippen molar-refractivity contribution in [1.29, 1.82) is 0 Å². The van der Waals surface area contributed by atoms with Crippen LogP contribution in [-0.2, 0) is 0 Å². The molecule has 1 aromatic carbocycles. The van der Waals surface area contributed by atoms with Crippen molar-refractivity contribution in [2.45, 2.75) is 18.4 Å². The Hall–Kier alpha value is -1.66. The molecule has 6 nitrogen and oxygen atoms in total. The summed E-state index contributed by atoms with van der Waals surface area (Å²) < 4.78 is 5.06. The monoisotopic (exact) mass is 266 g/mol. The van der Waals surface area contributed by atoms with Crippen molar-refractivity contribution >= 4 is 5.69 Å². The van der Waals surface area contributed by atoms with Gasteiger partial charge in [-0.15, -0.1) is 0 Å². The maximum absolute atomic E-state index is 10.8. The van der Waals surface area contributed by atoms with Gasteiger partial charge in [-0.05, 0) is 31.6 Å². The molecule has 0 saturated carbocycles. The average Bonchev–Trinajstić information content (AvgIpc) is 2.37. The number of hydrogen-bond acceptors (Lipinski definition) is 5. The zero-order valence-electron chi connectivity index (χ0n) is 11.1. The van der Waals surface area contributed by atoms with Crippen LogP contribution in [0.15, 0.2) is 18.2 Å².